The lowest BCUT2D eigenvalue weighted by molar-refractivity contribution is -0.137. The summed E-state index contributed by atoms with van der Waals surface area (Å²) in [4.78, 5) is 14.8. The SMILES string of the molecule is Cc1nc2ccc(NC(C)(C)CCC(=O)O)nn2n1. The fourth-order valence-electron chi connectivity index (χ4n) is 1.78. The minimum Gasteiger partial charge on any atom is -0.481 e. The number of anilines is 1. The van der Waals surface area contributed by atoms with Crippen molar-refractivity contribution < 1.29 is 9.90 Å². The maximum atomic E-state index is 10.6. The number of aryl methyl sites for hydroxylation is 1. The number of hydrogen-bond donors (Lipinski definition) is 2. The summed E-state index contributed by atoms with van der Waals surface area (Å²) in [6.45, 7) is 5.68. The summed E-state index contributed by atoms with van der Waals surface area (Å²) in [6, 6.07) is 3.63. The largest absolute Gasteiger partial charge is 0.481 e. The maximum Gasteiger partial charge on any atom is 0.303 e. The summed E-state index contributed by atoms with van der Waals surface area (Å²) in [6.07, 6.45) is 0.628. The Bertz CT molecular complexity index is 605. The number of aromatic nitrogens is 4. The minimum atomic E-state index is -0.801. The van der Waals surface area contributed by atoms with Crippen LogP contribution >= 0.6 is 0 Å². The molecule has 0 bridgehead atoms. The number of carboxylic acid groups (broad SMARTS) is 1. The molecule has 0 aromatic carbocycles. The molecule has 0 atom stereocenters. The third-order valence-corrected chi connectivity index (χ3v) is 2.74. The molecule has 7 heteroatoms. The van der Waals surface area contributed by atoms with Gasteiger partial charge in [0.05, 0.1) is 0 Å². The Morgan fingerprint density at radius 3 is 2.84 bits per heavy atom. The molecule has 0 aliphatic heterocycles. The normalized spacial score (nSPS) is 11.7. The zero-order valence-electron chi connectivity index (χ0n) is 11.2. The van der Waals surface area contributed by atoms with Crippen LogP contribution in [-0.4, -0.2) is 36.4 Å². The summed E-state index contributed by atoms with van der Waals surface area (Å²) in [5.74, 6) is 0.507. The van der Waals surface area contributed by atoms with Gasteiger partial charge in [0.15, 0.2) is 5.65 Å². The first-order valence-corrected chi connectivity index (χ1v) is 6.06. The van der Waals surface area contributed by atoms with Crippen molar-refractivity contribution in [2.24, 2.45) is 0 Å². The summed E-state index contributed by atoms with van der Waals surface area (Å²) in [5.41, 5.74) is 0.334. The number of hydrogen-bond acceptors (Lipinski definition) is 5. The lowest BCUT2D eigenvalue weighted by atomic mass is 9.98. The quantitative estimate of drug-likeness (QED) is 0.849. The van der Waals surface area contributed by atoms with E-state index in [0.29, 0.717) is 23.7 Å². The van der Waals surface area contributed by atoms with E-state index in [0.717, 1.165) is 0 Å². The third kappa shape index (κ3) is 3.40. The fourth-order valence-corrected chi connectivity index (χ4v) is 1.78. The van der Waals surface area contributed by atoms with E-state index in [1.807, 2.05) is 26.0 Å². The van der Waals surface area contributed by atoms with Gasteiger partial charge in [-0.2, -0.15) is 0 Å². The van der Waals surface area contributed by atoms with Crippen LogP contribution in [0.1, 0.15) is 32.5 Å². The number of carboxylic acids is 1. The van der Waals surface area contributed by atoms with Gasteiger partial charge in [-0.3, -0.25) is 4.79 Å². The van der Waals surface area contributed by atoms with Crippen LogP contribution in [0.25, 0.3) is 5.65 Å². The number of aliphatic carboxylic acids is 1. The molecule has 0 saturated carbocycles. The van der Waals surface area contributed by atoms with Crippen molar-refractivity contribution in [3.8, 4) is 0 Å². The molecule has 0 fully saturated rings. The van der Waals surface area contributed by atoms with Crippen LogP contribution in [0.4, 0.5) is 5.82 Å². The Kier molecular flexibility index (Phi) is 3.37. The van der Waals surface area contributed by atoms with Crippen molar-refractivity contribution in [3.05, 3.63) is 18.0 Å². The van der Waals surface area contributed by atoms with E-state index in [1.165, 1.54) is 4.63 Å². The summed E-state index contributed by atoms with van der Waals surface area (Å²) < 4.78 is 1.46. The molecule has 0 aliphatic carbocycles. The van der Waals surface area contributed by atoms with Gasteiger partial charge in [-0.15, -0.1) is 14.8 Å². The van der Waals surface area contributed by atoms with Gasteiger partial charge < -0.3 is 10.4 Å². The molecule has 2 N–H and O–H groups in total. The molecule has 0 radical (unpaired) electrons. The van der Waals surface area contributed by atoms with Crippen LogP contribution in [0.15, 0.2) is 12.1 Å². The van der Waals surface area contributed by atoms with Gasteiger partial charge in [-0.1, -0.05) is 0 Å². The van der Waals surface area contributed by atoms with Crippen molar-refractivity contribution in [2.75, 3.05) is 5.32 Å². The van der Waals surface area contributed by atoms with Gasteiger partial charge in [0.2, 0.25) is 0 Å². The highest BCUT2D eigenvalue weighted by atomic mass is 16.4. The Morgan fingerprint density at radius 1 is 1.42 bits per heavy atom. The fraction of sp³-hybridized carbons (Fsp3) is 0.500. The summed E-state index contributed by atoms with van der Waals surface area (Å²) in [7, 11) is 0. The first-order valence-electron chi connectivity index (χ1n) is 6.06. The molecule has 2 heterocycles. The monoisotopic (exact) mass is 263 g/mol. The van der Waals surface area contributed by atoms with Crippen LogP contribution in [0, 0.1) is 6.92 Å². The van der Waals surface area contributed by atoms with E-state index in [2.05, 4.69) is 20.5 Å². The van der Waals surface area contributed by atoms with Gasteiger partial charge in [0.25, 0.3) is 0 Å². The molecule has 102 valence electrons. The number of fused-ring (bicyclic) bond motifs is 1. The second-order valence-electron chi connectivity index (χ2n) is 5.13. The summed E-state index contributed by atoms with van der Waals surface area (Å²) >= 11 is 0. The van der Waals surface area contributed by atoms with Crippen molar-refractivity contribution in [1.82, 2.24) is 19.8 Å². The highest BCUT2D eigenvalue weighted by molar-refractivity contribution is 5.66. The predicted octanol–water partition coefficient (Wildman–Crippen LogP) is 1.49. The Balaban J connectivity index is 2.13. The average Bonchev–Trinajstić information content (AvgIpc) is 2.65. The third-order valence-electron chi connectivity index (χ3n) is 2.74. The van der Waals surface area contributed by atoms with Crippen LogP contribution < -0.4 is 5.32 Å². The van der Waals surface area contributed by atoms with Gasteiger partial charge in [0, 0.05) is 12.0 Å². The van der Waals surface area contributed by atoms with Gasteiger partial charge in [0.1, 0.15) is 11.6 Å². The van der Waals surface area contributed by atoms with Crippen LogP contribution in [0.2, 0.25) is 0 Å². The van der Waals surface area contributed by atoms with Crippen molar-refractivity contribution in [3.63, 3.8) is 0 Å². The van der Waals surface area contributed by atoms with E-state index >= 15 is 0 Å². The first kappa shape index (κ1) is 13.3. The molecule has 2 aromatic heterocycles. The molecular formula is C12H17N5O2. The second kappa shape index (κ2) is 4.83. The lowest BCUT2D eigenvalue weighted by Gasteiger charge is -2.26. The van der Waals surface area contributed by atoms with Gasteiger partial charge in [-0.25, -0.2) is 4.98 Å². The molecule has 2 aromatic rings. The zero-order valence-corrected chi connectivity index (χ0v) is 11.2. The van der Waals surface area contributed by atoms with Crippen molar-refractivity contribution in [2.45, 2.75) is 39.2 Å². The van der Waals surface area contributed by atoms with Gasteiger partial charge >= 0.3 is 5.97 Å². The van der Waals surface area contributed by atoms with Crippen LogP contribution in [0.3, 0.4) is 0 Å². The smallest absolute Gasteiger partial charge is 0.303 e. The number of nitrogens with zero attached hydrogens (tertiary/aromatic N) is 4. The molecule has 0 saturated heterocycles. The highest BCUT2D eigenvalue weighted by Crippen LogP contribution is 2.18. The highest BCUT2D eigenvalue weighted by Gasteiger charge is 2.19. The van der Waals surface area contributed by atoms with Gasteiger partial charge in [-0.05, 0) is 39.3 Å². The molecule has 19 heavy (non-hydrogen) atoms. The Labute approximate surface area is 110 Å². The second-order valence-corrected chi connectivity index (χ2v) is 5.13. The van der Waals surface area contributed by atoms with Crippen molar-refractivity contribution in [1.29, 1.82) is 0 Å². The molecule has 0 amide bonds. The Hall–Kier alpha value is -2.18. The molecule has 0 spiro atoms. The van der Waals surface area contributed by atoms with E-state index in [9.17, 15) is 4.79 Å². The molecular weight excluding hydrogens is 246 g/mol. The van der Waals surface area contributed by atoms with E-state index in [-0.39, 0.29) is 12.0 Å². The molecule has 0 aliphatic rings. The lowest BCUT2D eigenvalue weighted by Crippen LogP contribution is -2.32. The average molecular weight is 263 g/mol. The molecule has 2 rings (SSSR count). The van der Waals surface area contributed by atoms with Crippen LogP contribution in [-0.2, 0) is 4.79 Å². The minimum absolute atomic E-state index is 0.116. The number of nitrogens with one attached hydrogen (secondary N) is 1. The van der Waals surface area contributed by atoms with Crippen LogP contribution in [0.5, 0.6) is 0 Å². The van der Waals surface area contributed by atoms with E-state index < -0.39 is 5.97 Å². The number of rotatable bonds is 5. The Morgan fingerprint density at radius 2 is 2.16 bits per heavy atom. The topological polar surface area (TPSA) is 92.4 Å². The standard InChI is InChI=1S/C12H17N5O2/c1-8-13-10-5-4-9(16-17(10)15-8)14-12(2,3)7-6-11(18)19/h4-5H,6-7H2,1-3H3,(H,14,16)(H,18,19). The molecule has 0 unspecified atom stereocenters. The maximum absolute atomic E-state index is 10.6. The summed E-state index contributed by atoms with van der Waals surface area (Å²) in [5, 5.41) is 20.4. The van der Waals surface area contributed by atoms with E-state index in [1.54, 1.807) is 6.92 Å². The zero-order chi connectivity index (χ0) is 14.0. The predicted molar refractivity (Wildman–Crippen MR) is 70.1 cm³/mol. The van der Waals surface area contributed by atoms with Crippen molar-refractivity contribution >= 4 is 17.4 Å². The first-order chi connectivity index (χ1) is 8.85. The number of carbonyl (C=O) groups is 1. The van der Waals surface area contributed by atoms with E-state index in [4.69, 9.17) is 5.11 Å². The molecule has 7 nitrogen and oxygen atoms in total.